The SMILES string of the molecule is CC(=O)CCc1nc(C2CN(C(C)C)CCO2)no1. The first-order valence-corrected chi connectivity index (χ1v) is 6.74. The molecule has 0 bridgehead atoms. The van der Waals surface area contributed by atoms with Gasteiger partial charge < -0.3 is 14.1 Å². The summed E-state index contributed by atoms with van der Waals surface area (Å²) in [6.07, 6.45) is 0.805. The van der Waals surface area contributed by atoms with E-state index in [1.54, 1.807) is 6.92 Å². The summed E-state index contributed by atoms with van der Waals surface area (Å²) in [5.74, 6) is 1.22. The Balaban J connectivity index is 1.95. The number of aromatic nitrogens is 2. The number of aryl methyl sites for hydroxylation is 1. The Morgan fingerprint density at radius 1 is 1.53 bits per heavy atom. The molecule has 1 fully saturated rings. The Morgan fingerprint density at radius 3 is 3.00 bits per heavy atom. The summed E-state index contributed by atoms with van der Waals surface area (Å²) >= 11 is 0. The van der Waals surface area contributed by atoms with Crippen molar-refractivity contribution in [2.24, 2.45) is 0 Å². The standard InChI is InChI=1S/C13H21N3O3/c1-9(2)16-6-7-18-11(8-16)13-14-12(19-15-13)5-4-10(3)17/h9,11H,4-8H2,1-3H3. The second-order valence-electron chi connectivity index (χ2n) is 5.20. The molecular weight excluding hydrogens is 246 g/mol. The summed E-state index contributed by atoms with van der Waals surface area (Å²) in [5, 5.41) is 3.96. The first kappa shape index (κ1) is 14.1. The third-order valence-electron chi connectivity index (χ3n) is 3.29. The number of ether oxygens (including phenoxy) is 1. The van der Waals surface area contributed by atoms with E-state index in [1.807, 2.05) is 0 Å². The van der Waals surface area contributed by atoms with Crippen LogP contribution < -0.4 is 0 Å². The molecule has 2 rings (SSSR count). The van der Waals surface area contributed by atoms with Crippen LogP contribution >= 0.6 is 0 Å². The van der Waals surface area contributed by atoms with Gasteiger partial charge in [0, 0.05) is 32.0 Å². The lowest BCUT2D eigenvalue weighted by Crippen LogP contribution is -2.42. The van der Waals surface area contributed by atoms with Gasteiger partial charge in [-0.05, 0) is 20.8 Å². The van der Waals surface area contributed by atoms with Gasteiger partial charge in [-0.3, -0.25) is 4.90 Å². The maximum absolute atomic E-state index is 10.9. The third-order valence-corrected chi connectivity index (χ3v) is 3.29. The van der Waals surface area contributed by atoms with Gasteiger partial charge in [0.05, 0.1) is 6.61 Å². The average molecular weight is 267 g/mol. The number of ketones is 1. The van der Waals surface area contributed by atoms with Crippen LogP contribution in [0.2, 0.25) is 0 Å². The van der Waals surface area contributed by atoms with Gasteiger partial charge in [-0.2, -0.15) is 4.98 Å². The van der Waals surface area contributed by atoms with Crippen LogP contribution in [-0.2, 0) is 16.0 Å². The van der Waals surface area contributed by atoms with Crippen LogP contribution in [0.1, 0.15) is 45.0 Å². The predicted molar refractivity (Wildman–Crippen MR) is 68.7 cm³/mol. The summed E-state index contributed by atoms with van der Waals surface area (Å²) < 4.78 is 10.8. The van der Waals surface area contributed by atoms with Crippen molar-refractivity contribution < 1.29 is 14.1 Å². The number of carbonyl (C=O) groups excluding carboxylic acids is 1. The second kappa shape index (κ2) is 6.25. The molecule has 1 aliphatic rings. The quantitative estimate of drug-likeness (QED) is 0.802. The molecule has 0 aromatic carbocycles. The summed E-state index contributed by atoms with van der Waals surface area (Å²) in [4.78, 5) is 17.6. The van der Waals surface area contributed by atoms with Crippen molar-refractivity contribution in [1.29, 1.82) is 0 Å². The molecule has 0 saturated carbocycles. The van der Waals surface area contributed by atoms with Crippen LogP contribution in [0, 0.1) is 0 Å². The second-order valence-corrected chi connectivity index (χ2v) is 5.20. The topological polar surface area (TPSA) is 68.5 Å². The molecule has 1 aromatic heterocycles. The minimum absolute atomic E-state index is 0.125. The fourth-order valence-corrected chi connectivity index (χ4v) is 2.08. The molecule has 1 unspecified atom stereocenters. The molecule has 0 N–H and O–H groups in total. The van der Waals surface area contributed by atoms with E-state index >= 15 is 0 Å². The monoisotopic (exact) mass is 267 g/mol. The summed E-state index contributed by atoms with van der Waals surface area (Å²) in [5.41, 5.74) is 0. The molecule has 19 heavy (non-hydrogen) atoms. The Hall–Kier alpha value is -1.27. The van der Waals surface area contributed by atoms with Crippen molar-refractivity contribution in [2.45, 2.75) is 45.8 Å². The van der Waals surface area contributed by atoms with Crippen LogP contribution in [0.3, 0.4) is 0 Å². The van der Waals surface area contributed by atoms with Gasteiger partial charge in [-0.1, -0.05) is 5.16 Å². The number of nitrogens with zero attached hydrogens (tertiary/aromatic N) is 3. The predicted octanol–water partition coefficient (Wildman–Crippen LogP) is 1.37. The highest BCUT2D eigenvalue weighted by molar-refractivity contribution is 5.75. The summed E-state index contributed by atoms with van der Waals surface area (Å²) in [6, 6.07) is 0.482. The first-order valence-electron chi connectivity index (χ1n) is 6.74. The normalized spacial score (nSPS) is 20.9. The minimum atomic E-state index is -0.133. The fraction of sp³-hybridized carbons (Fsp3) is 0.769. The smallest absolute Gasteiger partial charge is 0.227 e. The minimum Gasteiger partial charge on any atom is -0.367 e. The molecule has 0 amide bonds. The van der Waals surface area contributed by atoms with Gasteiger partial charge in [0.25, 0.3) is 0 Å². The zero-order chi connectivity index (χ0) is 13.8. The van der Waals surface area contributed by atoms with Crippen molar-refractivity contribution in [3.05, 3.63) is 11.7 Å². The molecule has 6 heteroatoms. The van der Waals surface area contributed by atoms with E-state index in [2.05, 4.69) is 28.9 Å². The van der Waals surface area contributed by atoms with Crippen molar-refractivity contribution >= 4 is 5.78 Å². The van der Waals surface area contributed by atoms with Gasteiger partial charge in [0.15, 0.2) is 0 Å². The number of hydrogen-bond acceptors (Lipinski definition) is 6. The van der Waals surface area contributed by atoms with E-state index in [1.165, 1.54) is 0 Å². The van der Waals surface area contributed by atoms with E-state index in [9.17, 15) is 4.79 Å². The summed E-state index contributed by atoms with van der Waals surface area (Å²) in [6.45, 7) is 8.28. The van der Waals surface area contributed by atoms with E-state index in [4.69, 9.17) is 9.26 Å². The lowest BCUT2D eigenvalue weighted by Gasteiger charge is -2.34. The van der Waals surface area contributed by atoms with Crippen LogP contribution in [0.25, 0.3) is 0 Å². The first-order chi connectivity index (χ1) is 9.06. The lowest BCUT2D eigenvalue weighted by atomic mass is 10.2. The van der Waals surface area contributed by atoms with E-state index in [0.717, 1.165) is 13.1 Å². The number of rotatable bonds is 5. The Labute approximate surface area is 113 Å². The maximum atomic E-state index is 10.9. The fourth-order valence-electron chi connectivity index (χ4n) is 2.08. The largest absolute Gasteiger partial charge is 0.367 e. The molecule has 106 valence electrons. The molecule has 6 nitrogen and oxygen atoms in total. The molecule has 0 radical (unpaired) electrons. The Kier molecular flexibility index (Phi) is 4.66. The number of hydrogen-bond donors (Lipinski definition) is 0. The highest BCUT2D eigenvalue weighted by Crippen LogP contribution is 2.21. The van der Waals surface area contributed by atoms with Crippen LogP contribution in [-0.4, -0.2) is 46.6 Å². The van der Waals surface area contributed by atoms with Crippen LogP contribution in [0.4, 0.5) is 0 Å². The lowest BCUT2D eigenvalue weighted by molar-refractivity contribution is -0.117. The Bertz CT molecular complexity index is 431. The molecule has 1 aliphatic heterocycles. The van der Waals surface area contributed by atoms with Crippen molar-refractivity contribution in [2.75, 3.05) is 19.7 Å². The zero-order valence-electron chi connectivity index (χ0n) is 11.8. The summed E-state index contributed by atoms with van der Waals surface area (Å²) in [7, 11) is 0. The van der Waals surface area contributed by atoms with Crippen molar-refractivity contribution in [3.8, 4) is 0 Å². The molecule has 1 aromatic rings. The van der Waals surface area contributed by atoms with E-state index < -0.39 is 0 Å². The van der Waals surface area contributed by atoms with Gasteiger partial charge in [0.2, 0.25) is 11.7 Å². The van der Waals surface area contributed by atoms with Gasteiger partial charge in [0.1, 0.15) is 11.9 Å². The molecule has 1 saturated heterocycles. The van der Waals surface area contributed by atoms with Crippen molar-refractivity contribution in [1.82, 2.24) is 15.0 Å². The Morgan fingerprint density at radius 2 is 2.32 bits per heavy atom. The maximum Gasteiger partial charge on any atom is 0.227 e. The van der Waals surface area contributed by atoms with E-state index in [-0.39, 0.29) is 11.9 Å². The van der Waals surface area contributed by atoms with Crippen LogP contribution in [0.15, 0.2) is 4.52 Å². The number of morpholine rings is 1. The molecule has 2 heterocycles. The third kappa shape index (κ3) is 3.84. The number of carbonyl (C=O) groups is 1. The molecule has 1 atom stereocenters. The van der Waals surface area contributed by atoms with Gasteiger partial charge >= 0.3 is 0 Å². The molecule has 0 spiro atoms. The van der Waals surface area contributed by atoms with Gasteiger partial charge in [-0.15, -0.1) is 0 Å². The molecular formula is C13H21N3O3. The average Bonchev–Trinajstić information content (AvgIpc) is 2.85. The zero-order valence-corrected chi connectivity index (χ0v) is 11.8. The van der Waals surface area contributed by atoms with Crippen molar-refractivity contribution in [3.63, 3.8) is 0 Å². The van der Waals surface area contributed by atoms with Crippen LogP contribution in [0.5, 0.6) is 0 Å². The highest BCUT2D eigenvalue weighted by Gasteiger charge is 2.27. The van der Waals surface area contributed by atoms with E-state index in [0.29, 0.717) is 37.2 Å². The molecule has 0 aliphatic carbocycles. The highest BCUT2D eigenvalue weighted by atomic mass is 16.5. The van der Waals surface area contributed by atoms with Gasteiger partial charge in [-0.25, -0.2) is 0 Å². The number of Topliss-reactive ketones (excluding diaryl/α,β-unsaturated/α-hetero) is 1.